The van der Waals surface area contributed by atoms with E-state index < -0.39 is 11.0 Å². The Labute approximate surface area is 167 Å². The number of nitrogens with zero attached hydrogens (tertiary/aromatic N) is 3. The fourth-order valence-electron chi connectivity index (χ4n) is 3.40. The molecule has 0 bridgehead atoms. The molecule has 1 saturated heterocycles. The van der Waals surface area contributed by atoms with E-state index in [0.717, 1.165) is 6.54 Å². The number of hydrogen-bond acceptors (Lipinski definition) is 5. The van der Waals surface area contributed by atoms with Gasteiger partial charge in [-0.3, -0.25) is 9.48 Å². The minimum atomic E-state index is -0.612. The van der Waals surface area contributed by atoms with Gasteiger partial charge >= 0.3 is 6.09 Å². The number of ether oxygens (including phenoxy) is 2. The Bertz CT molecular complexity index is 631. The van der Waals surface area contributed by atoms with Gasteiger partial charge in [-0.05, 0) is 45.6 Å². The zero-order valence-electron chi connectivity index (χ0n) is 17.7. The van der Waals surface area contributed by atoms with Gasteiger partial charge in [0.2, 0.25) is 5.91 Å². The maximum Gasteiger partial charge on any atom is 0.410 e. The van der Waals surface area contributed by atoms with E-state index in [-0.39, 0.29) is 17.9 Å². The van der Waals surface area contributed by atoms with Crippen LogP contribution in [0.4, 0.5) is 4.79 Å². The lowest BCUT2D eigenvalue weighted by molar-refractivity contribution is -0.138. The number of carbonyl (C=O) groups excluding carboxylic acids is 2. The molecule has 0 aromatic carbocycles. The molecule has 1 fully saturated rings. The van der Waals surface area contributed by atoms with Crippen LogP contribution in [0.3, 0.4) is 0 Å². The Kier molecular flexibility index (Phi) is 7.46. The summed E-state index contributed by atoms with van der Waals surface area (Å²) in [6.45, 7) is 10.2. The minimum Gasteiger partial charge on any atom is -0.444 e. The molecular formula is C20H34N4O4. The second-order valence-electron chi connectivity index (χ2n) is 8.72. The van der Waals surface area contributed by atoms with Gasteiger partial charge in [0.05, 0.1) is 12.0 Å². The molecule has 2 rings (SSSR count). The van der Waals surface area contributed by atoms with Gasteiger partial charge < -0.3 is 19.7 Å². The molecular weight excluding hydrogens is 360 g/mol. The summed E-state index contributed by atoms with van der Waals surface area (Å²) < 4.78 is 12.7. The number of hydrogen-bond donors (Lipinski definition) is 1. The van der Waals surface area contributed by atoms with E-state index in [2.05, 4.69) is 17.3 Å². The van der Waals surface area contributed by atoms with Crippen molar-refractivity contribution in [3.63, 3.8) is 0 Å². The van der Waals surface area contributed by atoms with Gasteiger partial charge in [-0.1, -0.05) is 6.92 Å². The van der Waals surface area contributed by atoms with Crippen molar-refractivity contribution in [2.75, 3.05) is 33.4 Å². The van der Waals surface area contributed by atoms with Crippen molar-refractivity contribution in [3.05, 3.63) is 18.5 Å². The van der Waals surface area contributed by atoms with Crippen molar-refractivity contribution in [3.8, 4) is 0 Å². The maximum absolute atomic E-state index is 13.0. The molecule has 0 radical (unpaired) electrons. The first-order chi connectivity index (χ1) is 13.1. The van der Waals surface area contributed by atoms with Crippen LogP contribution in [-0.4, -0.2) is 65.6 Å². The van der Waals surface area contributed by atoms with Gasteiger partial charge in [0.1, 0.15) is 5.60 Å². The monoisotopic (exact) mass is 394 g/mol. The summed E-state index contributed by atoms with van der Waals surface area (Å²) >= 11 is 0. The molecule has 158 valence electrons. The number of amides is 2. The number of piperidine rings is 1. The van der Waals surface area contributed by atoms with E-state index in [0.29, 0.717) is 39.1 Å². The van der Waals surface area contributed by atoms with Crippen molar-refractivity contribution >= 4 is 12.0 Å². The first-order valence-electron chi connectivity index (χ1n) is 9.88. The highest BCUT2D eigenvalue weighted by Gasteiger charge is 2.43. The van der Waals surface area contributed by atoms with Gasteiger partial charge in [0.15, 0.2) is 0 Å². The number of likely N-dealkylation sites (tertiary alicyclic amines) is 1. The van der Waals surface area contributed by atoms with Gasteiger partial charge in [-0.25, -0.2) is 4.79 Å². The third kappa shape index (κ3) is 6.22. The topological polar surface area (TPSA) is 85.7 Å². The summed E-state index contributed by atoms with van der Waals surface area (Å²) in [5, 5.41) is 7.28. The van der Waals surface area contributed by atoms with Crippen molar-refractivity contribution in [2.24, 2.45) is 11.3 Å². The van der Waals surface area contributed by atoms with Crippen molar-refractivity contribution in [2.45, 2.75) is 52.7 Å². The minimum absolute atomic E-state index is 0.00879. The number of aromatic nitrogens is 2. The smallest absolute Gasteiger partial charge is 0.410 e. The quantitative estimate of drug-likeness (QED) is 0.767. The molecule has 1 aliphatic rings. The fraction of sp³-hybridized carbons (Fsp3) is 0.750. The molecule has 1 atom stereocenters. The highest BCUT2D eigenvalue weighted by atomic mass is 16.6. The highest BCUT2D eigenvalue weighted by molar-refractivity contribution is 5.83. The van der Waals surface area contributed by atoms with Crippen molar-refractivity contribution < 1.29 is 19.1 Å². The molecule has 0 spiro atoms. The van der Waals surface area contributed by atoms with Gasteiger partial charge in [-0.2, -0.15) is 5.10 Å². The number of carbonyl (C=O) groups is 2. The van der Waals surface area contributed by atoms with Crippen LogP contribution in [0.25, 0.3) is 0 Å². The number of methoxy groups -OCH3 is 1. The van der Waals surface area contributed by atoms with Crippen LogP contribution in [0.1, 0.15) is 40.5 Å². The van der Waals surface area contributed by atoms with Crippen LogP contribution in [0.2, 0.25) is 0 Å². The average Bonchev–Trinajstić information content (AvgIpc) is 3.12. The predicted octanol–water partition coefficient (Wildman–Crippen LogP) is 2.30. The fourth-order valence-corrected chi connectivity index (χ4v) is 3.40. The summed E-state index contributed by atoms with van der Waals surface area (Å²) in [5.41, 5.74) is -1.14. The zero-order chi connectivity index (χ0) is 20.8. The zero-order valence-corrected chi connectivity index (χ0v) is 17.7. The normalized spacial score (nSPS) is 17.8. The number of nitrogens with one attached hydrogen (secondary N) is 1. The molecule has 0 saturated carbocycles. The van der Waals surface area contributed by atoms with E-state index in [1.165, 1.54) is 0 Å². The number of rotatable bonds is 7. The highest BCUT2D eigenvalue weighted by Crippen LogP contribution is 2.33. The lowest BCUT2D eigenvalue weighted by atomic mass is 9.78. The molecule has 8 nitrogen and oxygen atoms in total. The second-order valence-corrected chi connectivity index (χ2v) is 8.72. The molecule has 1 aromatic rings. The Hall–Kier alpha value is -2.09. The van der Waals surface area contributed by atoms with Crippen molar-refractivity contribution in [1.29, 1.82) is 0 Å². The first kappa shape index (κ1) is 22.2. The van der Waals surface area contributed by atoms with E-state index in [9.17, 15) is 9.59 Å². The molecule has 1 aliphatic heterocycles. The molecule has 1 N–H and O–H groups in total. The first-order valence-corrected chi connectivity index (χ1v) is 9.88. The van der Waals surface area contributed by atoms with Crippen molar-refractivity contribution in [1.82, 2.24) is 20.0 Å². The van der Waals surface area contributed by atoms with Crippen LogP contribution in [0.15, 0.2) is 18.5 Å². The second kappa shape index (κ2) is 9.41. The van der Waals surface area contributed by atoms with Crippen LogP contribution in [-0.2, 0) is 20.8 Å². The average molecular weight is 395 g/mol. The Balaban J connectivity index is 1.89. The van der Waals surface area contributed by atoms with E-state index in [4.69, 9.17) is 9.47 Å². The lowest BCUT2D eigenvalue weighted by Gasteiger charge is -2.40. The largest absolute Gasteiger partial charge is 0.444 e. The summed E-state index contributed by atoms with van der Waals surface area (Å²) in [5.74, 6) is 0.246. The molecule has 0 unspecified atom stereocenters. The predicted molar refractivity (Wildman–Crippen MR) is 106 cm³/mol. The van der Waals surface area contributed by atoms with Gasteiger partial charge in [-0.15, -0.1) is 0 Å². The standard InChI is InChI=1S/C20H34N4O4/c1-16(14-24-10-6-9-22-24)13-21-17(25)20(15-27-5)7-11-23(12-8-20)18(26)28-19(2,3)4/h6,9-10,16H,7-8,11-15H2,1-5H3,(H,21,25)/t16-/m1/s1. The van der Waals surface area contributed by atoms with Gasteiger partial charge in [0.25, 0.3) is 0 Å². The summed E-state index contributed by atoms with van der Waals surface area (Å²) in [7, 11) is 1.61. The molecule has 8 heteroatoms. The molecule has 2 amide bonds. The van der Waals surface area contributed by atoms with Crippen LogP contribution < -0.4 is 5.32 Å². The Morgan fingerprint density at radius 1 is 1.29 bits per heavy atom. The maximum atomic E-state index is 13.0. The summed E-state index contributed by atoms with van der Waals surface area (Å²) in [6.07, 6.45) is 4.44. The summed E-state index contributed by atoms with van der Waals surface area (Å²) in [6, 6.07) is 1.89. The lowest BCUT2D eigenvalue weighted by Crippen LogP contribution is -2.53. The third-order valence-corrected chi connectivity index (χ3v) is 4.94. The van der Waals surface area contributed by atoms with Crippen LogP contribution >= 0.6 is 0 Å². The SMILES string of the molecule is COCC1(C(=O)NC[C@@H](C)Cn2cccn2)CCN(C(=O)OC(C)(C)C)CC1. The Morgan fingerprint density at radius 2 is 1.96 bits per heavy atom. The van der Waals surface area contributed by atoms with E-state index in [1.807, 2.05) is 37.7 Å². The molecule has 28 heavy (non-hydrogen) atoms. The third-order valence-electron chi connectivity index (χ3n) is 4.94. The van der Waals surface area contributed by atoms with Gasteiger partial charge in [0, 0.05) is 45.7 Å². The Morgan fingerprint density at radius 3 is 2.50 bits per heavy atom. The summed E-state index contributed by atoms with van der Waals surface area (Å²) in [4.78, 5) is 26.9. The van der Waals surface area contributed by atoms with Crippen LogP contribution in [0, 0.1) is 11.3 Å². The van der Waals surface area contributed by atoms with Crippen LogP contribution in [0.5, 0.6) is 0 Å². The molecule has 0 aliphatic carbocycles. The van der Waals surface area contributed by atoms with E-state index >= 15 is 0 Å². The molecule has 2 heterocycles. The molecule has 1 aromatic heterocycles. The van der Waals surface area contributed by atoms with E-state index in [1.54, 1.807) is 18.2 Å².